The fourth-order valence-electron chi connectivity index (χ4n) is 5.31. The highest BCUT2D eigenvalue weighted by molar-refractivity contribution is 6.05. The second-order valence-electron chi connectivity index (χ2n) is 9.93. The van der Waals surface area contributed by atoms with Crippen molar-refractivity contribution in [2.75, 3.05) is 6.54 Å². The zero-order chi connectivity index (χ0) is 24.1. The summed E-state index contributed by atoms with van der Waals surface area (Å²) >= 11 is 0. The van der Waals surface area contributed by atoms with Crippen molar-refractivity contribution in [3.63, 3.8) is 0 Å². The molecule has 3 amide bonds. The predicted molar refractivity (Wildman–Crippen MR) is 115 cm³/mol. The minimum atomic E-state index is -4.19. The van der Waals surface area contributed by atoms with Crippen LogP contribution < -0.4 is 15.4 Å². The number of halogens is 3. The van der Waals surface area contributed by atoms with Crippen molar-refractivity contribution in [3.05, 3.63) is 29.3 Å². The van der Waals surface area contributed by atoms with Crippen LogP contribution >= 0.6 is 0 Å². The van der Waals surface area contributed by atoms with Crippen LogP contribution in [-0.4, -0.2) is 53.5 Å². The fraction of sp³-hybridized carbons (Fsp3) is 0.625. The number of nitrogens with one attached hydrogen (secondary N) is 2. The Morgan fingerprint density at radius 1 is 1.12 bits per heavy atom. The molecule has 2 heterocycles. The molecule has 2 N–H and O–H groups in total. The summed E-state index contributed by atoms with van der Waals surface area (Å²) in [5.74, 6) is -0.487. The van der Waals surface area contributed by atoms with E-state index in [0.29, 0.717) is 17.7 Å². The van der Waals surface area contributed by atoms with Crippen molar-refractivity contribution in [3.8, 4) is 5.75 Å². The van der Waals surface area contributed by atoms with Gasteiger partial charge in [-0.2, -0.15) is 13.2 Å². The first-order chi connectivity index (χ1) is 16.2. The molecule has 2 aliphatic carbocycles. The van der Waals surface area contributed by atoms with Crippen LogP contribution in [0.15, 0.2) is 18.2 Å². The lowest BCUT2D eigenvalue weighted by Gasteiger charge is -2.34. The molecule has 2 unspecified atom stereocenters. The number of rotatable bonds is 6. The Morgan fingerprint density at radius 3 is 2.59 bits per heavy atom. The number of piperidine rings is 1. The van der Waals surface area contributed by atoms with Crippen molar-refractivity contribution < 1.29 is 32.3 Å². The minimum Gasteiger partial charge on any atom is -0.489 e. The molecule has 2 aliphatic heterocycles. The predicted octanol–water partition coefficient (Wildman–Crippen LogP) is 3.07. The van der Waals surface area contributed by atoms with E-state index in [2.05, 4.69) is 10.6 Å². The van der Waals surface area contributed by atoms with Gasteiger partial charge in [0.1, 0.15) is 17.9 Å². The van der Waals surface area contributed by atoms with E-state index >= 15 is 0 Å². The van der Waals surface area contributed by atoms with Crippen LogP contribution in [0.1, 0.15) is 67.3 Å². The van der Waals surface area contributed by atoms with Gasteiger partial charge in [-0.15, -0.1) is 0 Å². The molecule has 184 valence electrons. The Hall–Kier alpha value is -2.62. The number of hydrogen-bond acceptors (Lipinski definition) is 5. The third-order valence-electron chi connectivity index (χ3n) is 7.64. The van der Waals surface area contributed by atoms with Crippen LogP contribution in [0, 0.1) is 5.41 Å². The summed E-state index contributed by atoms with van der Waals surface area (Å²) in [5.41, 5.74) is -0.361. The van der Waals surface area contributed by atoms with Gasteiger partial charge in [0.25, 0.3) is 5.91 Å². The molecule has 4 aliphatic rings. The zero-order valence-electron chi connectivity index (χ0n) is 18.7. The lowest BCUT2D eigenvalue weighted by Crippen LogP contribution is -2.52. The van der Waals surface area contributed by atoms with Crippen molar-refractivity contribution in [2.45, 2.75) is 82.3 Å². The molecular weight excluding hydrogens is 451 g/mol. The summed E-state index contributed by atoms with van der Waals surface area (Å²) in [7, 11) is 0. The number of hydrogen-bond donors (Lipinski definition) is 2. The van der Waals surface area contributed by atoms with E-state index in [1.54, 1.807) is 18.2 Å². The Labute approximate surface area is 195 Å². The first-order valence-corrected chi connectivity index (χ1v) is 11.9. The highest BCUT2D eigenvalue weighted by Gasteiger charge is 2.62. The van der Waals surface area contributed by atoms with Gasteiger partial charge < -0.3 is 15.0 Å². The SMILES string of the molecule is O=C1CCC(N2Cc3cc(OC4CCCC[C@@H]4NCC4(C(F)(F)F)CC4)ccc3C2=O)C(=O)N1. The van der Waals surface area contributed by atoms with Crippen molar-refractivity contribution in [1.29, 1.82) is 0 Å². The van der Waals surface area contributed by atoms with E-state index in [1.165, 1.54) is 4.90 Å². The summed E-state index contributed by atoms with van der Waals surface area (Å²) in [4.78, 5) is 38.0. The first kappa shape index (κ1) is 23.1. The summed E-state index contributed by atoms with van der Waals surface area (Å²) < 4.78 is 46.2. The first-order valence-electron chi connectivity index (χ1n) is 11.9. The number of carbonyl (C=O) groups is 3. The maximum absolute atomic E-state index is 13.3. The number of ether oxygens (including phenoxy) is 1. The topological polar surface area (TPSA) is 87.7 Å². The van der Waals surface area contributed by atoms with Crippen LogP contribution in [0.4, 0.5) is 13.2 Å². The number of amides is 3. The normalized spacial score (nSPS) is 28.5. The maximum Gasteiger partial charge on any atom is 0.395 e. The van der Waals surface area contributed by atoms with Gasteiger partial charge >= 0.3 is 6.18 Å². The van der Waals surface area contributed by atoms with Crippen LogP contribution in [-0.2, 0) is 16.1 Å². The summed E-state index contributed by atoms with van der Waals surface area (Å²) in [6, 6.07) is 4.31. The van der Waals surface area contributed by atoms with E-state index in [0.717, 1.165) is 31.2 Å². The molecule has 0 aromatic heterocycles. The minimum absolute atomic E-state index is 0.0827. The zero-order valence-corrected chi connectivity index (χ0v) is 18.7. The van der Waals surface area contributed by atoms with E-state index in [9.17, 15) is 27.6 Å². The van der Waals surface area contributed by atoms with Gasteiger partial charge in [0.15, 0.2) is 0 Å². The van der Waals surface area contributed by atoms with Crippen LogP contribution in [0.3, 0.4) is 0 Å². The molecular formula is C24H28F3N3O4. The van der Waals surface area contributed by atoms with Crippen molar-refractivity contribution >= 4 is 17.7 Å². The fourth-order valence-corrected chi connectivity index (χ4v) is 5.31. The Morgan fingerprint density at radius 2 is 1.88 bits per heavy atom. The molecule has 0 bridgehead atoms. The van der Waals surface area contributed by atoms with Crippen LogP contribution in [0.5, 0.6) is 5.75 Å². The number of imide groups is 1. The maximum atomic E-state index is 13.3. The Bertz CT molecular complexity index is 1010. The molecule has 0 spiro atoms. The summed E-state index contributed by atoms with van der Waals surface area (Å²) in [5, 5.41) is 5.43. The molecule has 34 heavy (non-hydrogen) atoms. The third-order valence-corrected chi connectivity index (χ3v) is 7.64. The van der Waals surface area contributed by atoms with E-state index in [1.807, 2.05) is 0 Å². The van der Waals surface area contributed by atoms with Gasteiger partial charge in [-0.3, -0.25) is 19.7 Å². The molecule has 1 saturated heterocycles. The quantitative estimate of drug-likeness (QED) is 0.613. The molecule has 3 atom stereocenters. The van der Waals surface area contributed by atoms with Crippen LogP contribution in [0.25, 0.3) is 0 Å². The van der Waals surface area contributed by atoms with Gasteiger partial charge in [-0.25, -0.2) is 0 Å². The molecule has 7 nitrogen and oxygen atoms in total. The van der Waals surface area contributed by atoms with Gasteiger partial charge in [0.2, 0.25) is 11.8 Å². The number of fused-ring (bicyclic) bond motifs is 1. The second kappa shape index (κ2) is 8.55. The van der Waals surface area contributed by atoms with Crippen molar-refractivity contribution in [2.24, 2.45) is 5.41 Å². The van der Waals surface area contributed by atoms with E-state index in [4.69, 9.17) is 4.74 Å². The lowest BCUT2D eigenvalue weighted by atomic mass is 9.91. The molecule has 1 aromatic rings. The average Bonchev–Trinajstić information content (AvgIpc) is 3.52. The highest BCUT2D eigenvalue weighted by Crippen LogP contribution is 2.57. The smallest absolute Gasteiger partial charge is 0.395 e. The van der Waals surface area contributed by atoms with Crippen molar-refractivity contribution in [1.82, 2.24) is 15.5 Å². The van der Waals surface area contributed by atoms with Gasteiger partial charge in [0.05, 0.1) is 5.41 Å². The molecule has 3 fully saturated rings. The number of alkyl halides is 3. The lowest BCUT2D eigenvalue weighted by molar-refractivity contribution is -0.186. The highest BCUT2D eigenvalue weighted by atomic mass is 19.4. The average molecular weight is 479 g/mol. The monoisotopic (exact) mass is 479 g/mol. The molecule has 1 aromatic carbocycles. The molecule has 10 heteroatoms. The third kappa shape index (κ3) is 4.28. The van der Waals surface area contributed by atoms with E-state index < -0.39 is 23.5 Å². The summed E-state index contributed by atoms with van der Waals surface area (Å²) in [6.07, 6.45) is -0.227. The van der Waals surface area contributed by atoms with Crippen LogP contribution in [0.2, 0.25) is 0 Å². The molecule has 0 radical (unpaired) electrons. The Kier molecular flexibility index (Phi) is 5.82. The van der Waals surface area contributed by atoms with Gasteiger partial charge in [0, 0.05) is 31.1 Å². The number of benzene rings is 1. The summed E-state index contributed by atoms with van der Waals surface area (Å²) in [6.45, 7) is 0.165. The van der Waals surface area contributed by atoms with E-state index in [-0.39, 0.29) is 56.3 Å². The van der Waals surface area contributed by atoms with Gasteiger partial charge in [-0.05, 0) is 62.3 Å². The second-order valence-corrected chi connectivity index (χ2v) is 9.93. The number of nitrogens with zero attached hydrogens (tertiary/aromatic N) is 1. The largest absolute Gasteiger partial charge is 0.489 e. The van der Waals surface area contributed by atoms with Gasteiger partial charge in [-0.1, -0.05) is 6.42 Å². The standard InChI is InChI=1S/C24H28F3N3O4/c25-24(26,27)23(9-10-23)13-28-17-3-1-2-4-19(17)34-15-5-6-16-14(11-15)12-30(22(16)33)18-7-8-20(31)29-21(18)32/h5-6,11,17-19,28H,1-4,7-10,12-13H2,(H,29,31,32)/t17-,18?,19?/m0/s1. The number of carbonyl (C=O) groups excluding carboxylic acids is 3. The molecule has 5 rings (SSSR count). The Balaban J connectivity index is 1.25. The molecule has 2 saturated carbocycles.